The van der Waals surface area contributed by atoms with Gasteiger partial charge in [-0.05, 0) is 28.1 Å². The van der Waals surface area contributed by atoms with Crippen molar-refractivity contribution < 1.29 is 14.3 Å². The summed E-state index contributed by atoms with van der Waals surface area (Å²) >= 11 is 3.26. The van der Waals surface area contributed by atoms with Gasteiger partial charge in [-0.1, -0.05) is 0 Å². The van der Waals surface area contributed by atoms with Crippen LogP contribution in [-0.2, 0) is 14.3 Å². The number of nitrogens with zero attached hydrogens (tertiary/aromatic N) is 1. The van der Waals surface area contributed by atoms with E-state index in [0.29, 0.717) is 19.0 Å². The summed E-state index contributed by atoms with van der Waals surface area (Å²) in [5, 5.41) is 2.61. The summed E-state index contributed by atoms with van der Waals surface area (Å²) in [4.78, 5) is 15.3. The van der Waals surface area contributed by atoms with Gasteiger partial charge in [0.2, 0.25) is 0 Å². The molecule has 1 aromatic rings. The van der Waals surface area contributed by atoms with Crippen LogP contribution in [0, 0.1) is 0 Å². The molecule has 6 heteroatoms. The summed E-state index contributed by atoms with van der Waals surface area (Å²) in [5.41, 5.74) is 0. The summed E-state index contributed by atoms with van der Waals surface area (Å²) in [5.74, 6) is 0.273. The number of hydrogen-bond donors (Lipinski definition) is 1. The summed E-state index contributed by atoms with van der Waals surface area (Å²) in [6.07, 6.45) is 1.61. The number of halogens is 1. The molecule has 0 aliphatic carbocycles. The van der Waals surface area contributed by atoms with E-state index in [9.17, 15) is 4.79 Å². The first-order chi connectivity index (χ1) is 7.72. The van der Waals surface area contributed by atoms with Crippen LogP contribution in [0.1, 0.15) is 0 Å². The first-order valence-corrected chi connectivity index (χ1v) is 5.50. The molecule has 0 aliphatic heterocycles. The smallest absolute Gasteiger partial charge is 0.251 e. The second-order valence-corrected chi connectivity index (χ2v) is 3.87. The van der Waals surface area contributed by atoms with Crippen LogP contribution in [0.25, 0.3) is 0 Å². The van der Waals surface area contributed by atoms with Crippen molar-refractivity contribution in [3.05, 3.63) is 22.8 Å². The Morgan fingerprint density at radius 2 is 2.31 bits per heavy atom. The number of amides is 1. The molecule has 0 aromatic carbocycles. The van der Waals surface area contributed by atoms with Crippen LogP contribution in [0.4, 0.5) is 5.82 Å². The molecule has 1 heterocycles. The number of methoxy groups -OCH3 is 1. The zero-order valence-electron chi connectivity index (χ0n) is 8.90. The lowest BCUT2D eigenvalue weighted by molar-refractivity contribution is -0.121. The molecule has 0 saturated carbocycles. The highest BCUT2D eigenvalue weighted by Gasteiger charge is 2.02. The second-order valence-electron chi connectivity index (χ2n) is 2.96. The fraction of sp³-hybridized carbons (Fsp3) is 0.400. The Morgan fingerprint density at radius 1 is 1.50 bits per heavy atom. The van der Waals surface area contributed by atoms with E-state index in [0.717, 1.165) is 4.47 Å². The minimum atomic E-state index is -0.231. The Labute approximate surface area is 102 Å². The molecule has 0 atom stereocenters. The number of carbonyl (C=O) groups excluding carboxylic acids is 1. The van der Waals surface area contributed by atoms with Gasteiger partial charge in [0.25, 0.3) is 5.91 Å². The van der Waals surface area contributed by atoms with E-state index in [-0.39, 0.29) is 12.5 Å². The average molecular weight is 289 g/mol. The largest absolute Gasteiger partial charge is 0.382 e. The number of pyridine rings is 1. The van der Waals surface area contributed by atoms with Crippen LogP contribution in [0.2, 0.25) is 0 Å². The van der Waals surface area contributed by atoms with E-state index in [1.165, 1.54) is 0 Å². The number of aromatic nitrogens is 1. The zero-order valence-corrected chi connectivity index (χ0v) is 10.5. The van der Waals surface area contributed by atoms with Gasteiger partial charge >= 0.3 is 0 Å². The van der Waals surface area contributed by atoms with Gasteiger partial charge in [0.05, 0.1) is 13.2 Å². The third-order valence-electron chi connectivity index (χ3n) is 1.66. The lowest BCUT2D eigenvalue weighted by Gasteiger charge is -2.05. The van der Waals surface area contributed by atoms with Gasteiger partial charge in [-0.15, -0.1) is 0 Å². The Hall–Kier alpha value is -0.980. The van der Waals surface area contributed by atoms with Crippen molar-refractivity contribution in [2.45, 2.75) is 0 Å². The molecular weight excluding hydrogens is 276 g/mol. The molecule has 0 spiro atoms. The quantitative estimate of drug-likeness (QED) is 0.805. The number of hydrogen-bond acceptors (Lipinski definition) is 4. The summed E-state index contributed by atoms with van der Waals surface area (Å²) in [7, 11) is 1.58. The molecule has 1 aromatic heterocycles. The predicted molar refractivity (Wildman–Crippen MR) is 63.3 cm³/mol. The SMILES string of the molecule is COCCOCC(=O)Nc1ccc(Br)cn1. The van der Waals surface area contributed by atoms with E-state index >= 15 is 0 Å². The summed E-state index contributed by atoms with van der Waals surface area (Å²) < 4.78 is 10.7. The number of ether oxygens (including phenoxy) is 2. The molecule has 0 fully saturated rings. The van der Waals surface area contributed by atoms with Crippen molar-refractivity contribution >= 4 is 27.7 Å². The molecule has 1 rings (SSSR count). The molecule has 0 radical (unpaired) electrons. The molecule has 0 saturated heterocycles. The molecule has 1 N–H and O–H groups in total. The number of carbonyl (C=O) groups is 1. The van der Waals surface area contributed by atoms with Crippen LogP contribution in [-0.4, -0.2) is 37.8 Å². The van der Waals surface area contributed by atoms with Crippen molar-refractivity contribution in [1.82, 2.24) is 4.98 Å². The first-order valence-electron chi connectivity index (χ1n) is 4.70. The number of nitrogens with one attached hydrogen (secondary N) is 1. The van der Waals surface area contributed by atoms with Crippen LogP contribution in [0.15, 0.2) is 22.8 Å². The average Bonchev–Trinajstić information content (AvgIpc) is 2.28. The maximum atomic E-state index is 11.3. The van der Waals surface area contributed by atoms with E-state index in [2.05, 4.69) is 26.2 Å². The van der Waals surface area contributed by atoms with Gasteiger partial charge in [-0.25, -0.2) is 4.98 Å². The summed E-state index contributed by atoms with van der Waals surface area (Å²) in [6, 6.07) is 3.51. The highest BCUT2D eigenvalue weighted by Crippen LogP contribution is 2.10. The minimum absolute atomic E-state index is 0.00110. The summed E-state index contributed by atoms with van der Waals surface area (Å²) in [6.45, 7) is 0.878. The molecule has 0 unspecified atom stereocenters. The minimum Gasteiger partial charge on any atom is -0.382 e. The maximum Gasteiger partial charge on any atom is 0.251 e. The van der Waals surface area contributed by atoms with Crippen molar-refractivity contribution in [2.75, 3.05) is 32.2 Å². The molecule has 5 nitrogen and oxygen atoms in total. The highest BCUT2D eigenvalue weighted by atomic mass is 79.9. The Bertz CT molecular complexity index is 329. The molecule has 16 heavy (non-hydrogen) atoms. The zero-order chi connectivity index (χ0) is 11.8. The van der Waals surface area contributed by atoms with Gasteiger partial charge < -0.3 is 14.8 Å². The van der Waals surface area contributed by atoms with Crippen LogP contribution in [0.3, 0.4) is 0 Å². The molecular formula is C10H13BrN2O3. The van der Waals surface area contributed by atoms with E-state index in [1.54, 1.807) is 25.4 Å². The van der Waals surface area contributed by atoms with Gasteiger partial charge in [0, 0.05) is 17.8 Å². The van der Waals surface area contributed by atoms with Gasteiger partial charge in [0.15, 0.2) is 0 Å². The van der Waals surface area contributed by atoms with Crippen LogP contribution >= 0.6 is 15.9 Å². The van der Waals surface area contributed by atoms with Gasteiger partial charge in [-0.2, -0.15) is 0 Å². The molecule has 0 bridgehead atoms. The van der Waals surface area contributed by atoms with Gasteiger partial charge in [-0.3, -0.25) is 4.79 Å². The third kappa shape index (κ3) is 5.20. The van der Waals surface area contributed by atoms with Crippen LogP contribution in [0.5, 0.6) is 0 Å². The van der Waals surface area contributed by atoms with Crippen molar-refractivity contribution in [2.24, 2.45) is 0 Å². The molecule has 0 aliphatic rings. The lowest BCUT2D eigenvalue weighted by Crippen LogP contribution is -2.20. The number of anilines is 1. The molecule has 1 amide bonds. The standard InChI is InChI=1S/C10H13BrN2O3/c1-15-4-5-16-7-10(14)13-9-3-2-8(11)6-12-9/h2-3,6H,4-5,7H2,1H3,(H,12,13,14). The lowest BCUT2D eigenvalue weighted by atomic mass is 10.4. The van der Waals surface area contributed by atoms with Crippen LogP contribution < -0.4 is 5.32 Å². The van der Waals surface area contributed by atoms with Crippen molar-refractivity contribution in [3.63, 3.8) is 0 Å². The van der Waals surface area contributed by atoms with E-state index < -0.39 is 0 Å². The highest BCUT2D eigenvalue weighted by molar-refractivity contribution is 9.10. The van der Waals surface area contributed by atoms with E-state index in [4.69, 9.17) is 9.47 Å². The monoisotopic (exact) mass is 288 g/mol. The Balaban J connectivity index is 2.26. The second kappa shape index (κ2) is 7.32. The predicted octanol–water partition coefficient (Wildman–Crippen LogP) is 1.45. The fourth-order valence-electron chi connectivity index (χ4n) is 0.936. The van der Waals surface area contributed by atoms with Crippen molar-refractivity contribution in [1.29, 1.82) is 0 Å². The third-order valence-corrected chi connectivity index (χ3v) is 2.13. The molecule has 88 valence electrons. The topological polar surface area (TPSA) is 60.5 Å². The van der Waals surface area contributed by atoms with Gasteiger partial charge in [0.1, 0.15) is 12.4 Å². The Kier molecular flexibility index (Phi) is 5.99. The van der Waals surface area contributed by atoms with Crippen molar-refractivity contribution in [3.8, 4) is 0 Å². The fourth-order valence-corrected chi connectivity index (χ4v) is 1.17. The maximum absolute atomic E-state index is 11.3. The normalized spacial score (nSPS) is 10.1. The van der Waals surface area contributed by atoms with E-state index in [1.807, 2.05) is 0 Å². The number of rotatable bonds is 6. The Morgan fingerprint density at radius 3 is 2.94 bits per heavy atom. The first kappa shape index (κ1) is 13.1.